The Hall–Kier alpha value is -0.830. The average Bonchev–Trinajstić information content (AvgIpc) is 2.44. The van der Waals surface area contributed by atoms with Crippen molar-refractivity contribution in [1.29, 1.82) is 0 Å². The summed E-state index contributed by atoms with van der Waals surface area (Å²) in [4.78, 5) is 12.7. The molecule has 1 N–H and O–H groups in total. The quantitative estimate of drug-likeness (QED) is 0.708. The summed E-state index contributed by atoms with van der Waals surface area (Å²) in [6.07, 6.45) is 5.17. The van der Waals surface area contributed by atoms with Gasteiger partial charge >= 0.3 is 5.97 Å². The normalized spacial score (nSPS) is 24.3. The van der Waals surface area contributed by atoms with E-state index >= 15 is 0 Å². The van der Waals surface area contributed by atoms with E-state index < -0.39 is 5.97 Å². The lowest BCUT2D eigenvalue weighted by molar-refractivity contribution is -0.138. The van der Waals surface area contributed by atoms with E-state index in [1.165, 1.54) is 6.42 Å². The van der Waals surface area contributed by atoms with Crippen LogP contribution in [0, 0.1) is 5.41 Å². The Morgan fingerprint density at radius 3 is 2.73 bits per heavy atom. The maximum atomic E-state index is 10.7. The fourth-order valence-corrected chi connectivity index (χ4v) is 2.39. The van der Waals surface area contributed by atoms with Crippen LogP contribution < -0.4 is 0 Å². The third kappa shape index (κ3) is 3.67. The van der Waals surface area contributed by atoms with Gasteiger partial charge in [0.2, 0.25) is 0 Å². The minimum absolute atomic E-state index is 0.132. The molecule has 15 heavy (non-hydrogen) atoms. The number of nitrogens with zero attached hydrogens (tertiary/aromatic N) is 1. The molecule has 0 aromatic heterocycles. The zero-order valence-electron chi connectivity index (χ0n) is 9.70. The lowest BCUT2D eigenvalue weighted by Gasteiger charge is -2.27. The van der Waals surface area contributed by atoms with Crippen LogP contribution in [0.4, 0.5) is 0 Å². The molecular weight excluding hydrogens is 190 g/mol. The summed E-state index contributed by atoms with van der Waals surface area (Å²) in [5, 5.41) is 8.82. The van der Waals surface area contributed by atoms with Gasteiger partial charge in [-0.1, -0.05) is 19.9 Å². The van der Waals surface area contributed by atoms with Crippen molar-refractivity contribution in [2.45, 2.75) is 39.2 Å². The van der Waals surface area contributed by atoms with Crippen LogP contribution in [0.25, 0.3) is 0 Å². The van der Waals surface area contributed by atoms with Crippen LogP contribution in [0.5, 0.6) is 0 Å². The number of rotatable bonds is 5. The summed E-state index contributed by atoms with van der Waals surface area (Å²) in [6, 6.07) is 0.411. The number of carboxylic acids is 1. The maximum absolute atomic E-state index is 10.7. The van der Waals surface area contributed by atoms with Crippen LogP contribution in [0.2, 0.25) is 0 Å². The minimum atomic E-state index is -0.749. The Morgan fingerprint density at radius 1 is 1.67 bits per heavy atom. The van der Waals surface area contributed by atoms with Crippen molar-refractivity contribution in [1.82, 2.24) is 4.90 Å². The molecule has 0 aromatic carbocycles. The molecule has 0 spiro atoms. The van der Waals surface area contributed by atoms with Gasteiger partial charge in [0.15, 0.2) is 0 Å². The zero-order chi connectivity index (χ0) is 11.5. The Morgan fingerprint density at radius 2 is 2.33 bits per heavy atom. The standard InChI is InChI=1S/C12H21NO2/c1-4-7-13(9-11(14)15)10-5-6-12(2,3)8-10/h4,10H,1,5-9H2,2-3H3,(H,14,15). The molecule has 0 heterocycles. The van der Waals surface area contributed by atoms with E-state index in [0.29, 0.717) is 18.0 Å². The van der Waals surface area contributed by atoms with Crippen molar-refractivity contribution in [3.8, 4) is 0 Å². The van der Waals surface area contributed by atoms with Crippen molar-refractivity contribution in [2.24, 2.45) is 5.41 Å². The van der Waals surface area contributed by atoms with Gasteiger partial charge in [0.1, 0.15) is 0 Å². The van der Waals surface area contributed by atoms with Gasteiger partial charge in [0.25, 0.3) is 0 Å². The highest BCUT2D eigenvalue weighted by molar-refractivity contribution is 5.69. The molecule has 1 aliphatic rings. The Labute approximate surface area is 91.8 Å². The average molecular weight is 211 g/mol. The van der Waals surface area contributed by atoms with E-state index in [2.05, 4.69) is 20.4 Å². The molecule has 1 unspecified atom stereocenters. The molecule has 3 heteroatoms. The van der Waals surface area contributed by atoms with Crippen LogP contribution in [-0.2, 0) is 4.79 Å². The Balaban J connectivity index is 2.56. The molecule has 0 amide bonds. The first-order valence-electron chi connectivity index (χ1n) is 5.51. The van der Waals surface area contributed by atoms with E-state index in [1.54, 1.807) is 6.08 Å². The number of hydrogen-bond acceptors (Lipinski definition) is 2. The molecule has 1 saturated carbocycles. The molecule has 1 fully saturated rings. The first-order valence-corrected chi connectivity index (χ1v) is 5.51. The molecule has 0 aliphatic heterocycles. The van der Waals surface area contributed by atoms with Gasteiger partial charge in [-0.15, -0.1) is 6.58 Å². The molecule has 0 aromatic rings. The van der Waals surface area contributed by atoms with Crippen LogP contribution in [0.15, 0.2) is 12.7 Å². The van der Waals surface area contributed by atoms with Crippen LogP contribution in [0.3, 0.4) is 0 Å². The third-order valence-electron chi connectivity index (χ3n) is 3.16. The highest BCUT2D eigenvalue weighted by Gasteiger charge is 2.34. The Kier molecular flexibility index (Phi) is 3.91. The van der Waals surface area contributed by atoms with Gasteiger partial charge in [-0.3, -0.25) is 9.69 Å². The topological polar surface area (TPSA) is 40.5 Å². The fourth-order valence-electron chi connectivity index (χ4n) is 2.39. The number of carboxylic acid groups (broad SMARTS) is 1. The largest absolute Gasteiger partial charge is 0.480 e. The summed E-state index contributed by atoms with van der Waals surface area (Å²) in [6.45, 7) is 8.99. The molecule has 1 rings (SSSR count). The minimum Gasteiger partial charge on any atom is -0.480 e. The maximum Gasteiger partial charge on any atom is 0.317 e. The van der Waals surface area contributed by atoms with Crippen LogP contribution >= 0.6 is 0 Å². The Bertz CT molecular complexity index is 248. The number of carbonyl (C=O) groups is 1. The van der Waals surface area contributed by atoms with Crippen molar-refractivity contribution in [3.05, 3.63) is 12.7 Å². The molecule has 0 bridgehead atoms. The SMILES string of the molecule is C=CCN(CC(=O)O)C1CCC(C)(C)C1. The molecule has 0 radical (unpaired) electrons. The van der Waals surface area contributed by atoms with Crippen molar-refractivity contribution in [2.75, 3.05) is 13.1 Å². The number of hydrogen-bond donors (Lipinski definition) is 1. The van der Waals surface area contributed by atoms with Crippen LogP contribution in [-0.4, -0.2) is 35.1 Å². The smallest absolute Gasteiger partial charge is 0.317 e. The highest BCUT2D eigenvalue weighted by Crippen LogP contribution is 2.39. The van der Waals surface area contributed by atoms with Crippen LogP contribution in [0.1, 0.15) is 33.1 Å². The van der Waals surface area contributed by atoms with E-state index in [-0.39, 0.29) is 6.54 Å². The second-order valence-corrected chi connectivity index (χ2v) is 5.17. The van der Waals surface area contributed by atoms with Gasteiger partial charge in [0.05, 0.1) is 6.54 Å². The monoisotopic (exact) mass is 211 g/mol. The summed E-state index contributed by atoms with van der Waals surface area (Å²) >= 11 is 0. The predicted molar refractivity (Wildman–Crippen MR) is 60.8 cm³/mol. The molecule has 0 saturated heterocycles. The number of aliphatic carboxylic acids is 1. The summed E-state index contributed by atoms with van der Waals surface area (Å²) in [7, 11) is 0. The second-order valence-electron chi connectivity index (χ2n) is 5.17. The second kappa shape index (κ2) is 4.79. The molecule has 1 aliphatic carbocycles. The molecular formula is C12H21NO2. The summed E-state index contributed by atoms with van der Waals surface area (Å²) in [5.74, 6) is -0.749. The van der Waals surface area contributed by atoms with E-state index in [9.17, 15) is 4.79 Å². The van der Waals surface area contributed by atoms with E-state index in [1.807, 2.05) is 4.90 Å². The van der Waals surface area contributed by atoms with Gasteiger partial charge in [-0.05, 0) is 24.7 Å². The zero-order valence-corrected chi connectivity index (χ0v) is 9.70. The van der Waals surface area contributed by atoms with Gasteiger partial charge in [-0.25, -0.2) is 0 Å². The van der Waals surface area contributed by atoms with E-state index in [4.69, 9.17) is 5.11 Å². The van der Waals surface area contributed by atoms with Gasteiger partial charge < -0.3 is 5.11 Å². The fraction of sp³-hybridized carbons (Fsp3) is 0.750. The first kappa shape index (κ1) is 12.2. The molecule has 86 valence electrons. The van der Waals surface area contributed by atoms with E-state index in [0.717, 1.165) is 12.8 Å². The molecule has 1 atom stereocenters. The van der Waals surface area contributed by atoms with Crippen molar-refractivity contribution < 1.29 is 9.90 Å². The first-order chi connectivity index (χ1) is 6.94. The summed E-state index contributed by atoms with van der Waals surface area (Å²) in [5.41, 5.74) is 0.364. The summed E-state index contributed by atoms with van der Waals surface area (Å²) < 4.78 is 0. The predicted octanol–water partition coefficient (Wildman–Crippen LogP) is 2.14. The van der Waals surface area contributed by atoms with Crippen molar-refractivity contribution in [3.63, 3.8) is 0 Å². The lowest BCUT2D eigenvalue weighted by atomic mass is 9.91. The highest BCUT2D eigenvalue weighted by atomic mass is 16.4. The molecule has 3 nitrogen and oxygen atoms in total. The van der Waals surface area contributed by atoms with Gasteiger partial charge in [-0.2, -0.15) is 0 Å². The van der Waals surface area contributed by atoms with Gasteiger partial charge in [0, 0.05) is 12.6 Å². The van der Waals surface area contributed by atoms with Crippen molar-refractivity contribution >= 4 is 5.97 Å². The lowest BCUT2D eigenvalue weighted by Crippen LogP contribution is -2.38. The third-order valence-corrected chi connectivity index (χ3v) is 3.16.